The summed E-state index contributed by atoms with van der Waals surface area (Å²) in [4.78, 5) is 52.6. The lowest BCUT2D eigenvalue weighted by atomic mass is 10.1. The summed E-state index contributed by atoms with van der Waals surface area (Å²) in [6.45, 7) is 2.22. The van der Waals surface area contributed by atoms with E-state index < -0.39 is 23.9 Å². The molecule has 2 aliphatic heterocycles. The molecule has 10 heteroatoms. The Kier molecular flexibility index (Phi) is 7.86. The third kappa shape index (κ3) is 5.85. The number of amides is 4. The maximum Gasteiger partial charge on any atom is 0.260 e. The van der Waals surface area contributed by atoms with Gasteiger partial charge in [-0.2, -0.15) is 9.13 Å². The van der Waals surface area contributed by atoms with Gasteiger partial charge >= 0.3 is 0 Å². The molecule has 2 aliphatic rings. The van der Waals surface area contributed by atoms with Gasteiger partial charge in [0.1, 0.15) is 23.2 Å². The van der Waals surface area contributed by atoms with Gasteiger partial charge in [0.25, 0.3) is 11.8 Å². The molecule has 2 fully saturated rings. The summed E-state index contributed by atoms with van der Waals surface area (Å²) in [5.74, 6) is -1.29. The summed E-state index contributed by atoms with van der Waals surface area (Å²) < 4.78 is 3.89. The van der Waals surface area contributed by atoms with Crippen LogP contribution >= 0.6 is 0 Å². The molecule has 0 aliphatic carbocycles. The number of pyridine rings is 2. The van der Waals surface area contributed by atoms with Crippen LogP contribution in [0.1, 0.15) is 57.5 Å². The van der Waals surface area contributed by atoms with Gasteiger partial charge in [0.2, 0.25) is 11.8 Å². The van der Waals surface area contributed by atoms with Gasteiger partial charge in [-0.05, 0) is 37.8 Å². The lowest BCUT2D eigenvalue weighted by Gasteiger charge is -2.21. The second kappa shape index (κ2) is 11.6. The van der Waals surface area contributed by atoms with Crippen molar-refractivity contribution in [2.75, 3.05) is 13.1 Å². The number of carbonyl (C=O) groups is 4. The number of rotatable bonds is 8. The molecule has 0 bridgehead atoms. The van der Waals surface area contributed by atoms with Crippen molar-refractivity contribution < 1.29 is 28.3 Å². The van der Waals surface area contributed by atoms with Crippen LogP contribution in [0.25, 0.3) is 0 Å². The van der Waals surface area contributed by atoms with Gasteiger partial charge in [-0.25, -0.2) is 0 Å². The van der Waals surface area contributed by atoms with E-state index >= 15 is 0 Å². The zero-order chi connectivity index (χ0) is 28.2. The first kappa shape index (κ1) is 27.0. The van der Waals surface area contributed by atoms with Crippen LogP contribution in [-0.2, 0) is 22.7 Å². The molecule has 2 saturated heterocycles. The number of nitrogens with two attached hydrogens (primary N) is 2. The van der Waals surface area contributed by atoms with Crippen molar-refractivity contribution in [2.45, 2.75) is 50.9 Å². The van der Waals surface area contributed by atoms with Crippen molar-refractivity contribution in [1.29, 1.82) is 0 Å². The Morgan fingerprint density at radius 1 is 0.675 bits per heavy atom. The van der Waals surface area contributed by atoms with Crippen molar-refractivity contribution >= 4 is 23.6 Å². The fraction of sp³-hybridized carbons (Fsp3) is 0.333. The van der Waals surface area contributed by atoms with Gasteiger partial charge < -0.3 is 21.3 Å². The average Bonchev–Trinajstić information content (AvgIpc) is 3.64. The second-order valence-corrected chi connectivity index (χ2v) is 10.5. The molecule has 4 amide bonds. The van der Waals surface area contributed by atoms with Crippen LogP contribution in [0.5, 0.6) is 0 Å². The maximum absolute atomic E-state index is 13.0. The molecule has 3 aromatic rings. The lowest BCUT2D eigenvalue weighted by molar-refractivity contribution is -0.689. The molecule has 5 rings (SSSR count). The van der Waals surface area contributed by atoms with Crippen LogP contribution in [0.2, 0.25) is 0 Å². The highest BCUT2D eigenvalue weighted by molar-refractivity contribution is 5.98. The summed E-state index contributed by atoms with van der Waals surface area (Å²) in [7, 11) is 0. The van der Waals surface area contributed by atoms with Crippen LogP contribution in [-0.4, -0.2) is 58.6 Å². The highest BCUT2D eigenvalue weighted by Gasteiger charge is 2.35. The third-order valence-corrected chi connectivity index (χ3v) is 7.65. The van der Waals surface area contributed by atoms with Crippen molar-refractivity contribution in [3.05, 3.63) is 95.6 Å². The summed E-state index contributed by atoms with van der Waals surface area (Å²) >= 11 is 0. The zero-order valence-corrected chi connectivity index (χ0v) is 22.3. The number of benzene rings is 1. The number of nitrogens with zero attached hydrogens (tertiary/aromatic N) is 4. The molecule has 40 heavy (non-hydrogen) atoms. The predicted octanol–water partition coefficient (Wildman–Crippen LogP) is 0.538. The Balaban J connectivity index is 1.23. The fourth-order valence-corrected chi connectivity index (χ4v) is 5.61. The minimum atomic E-state index is -0.544. The SMILES string of the molecule is NC(=O)C1CCCN1C(=O)c1ccc[n+](Cc2ccc(C[n+]3cccc(C(=O)N4CCCC4C(N)=O)c3)cc2)c1. The van der Waals surface area contributed by atoms with Crippen LogP contribution in [0.4, 0.5) is 0 Å². The maximum atomic E-state index is 13.0. The van der Waals surface area contributed by atoms with Crippen LogP contribution in [0.15, 0.2) is 73.3 Å². The fourth-order valence-electron chi connectivity index (χ4n) is 5.61. The molecule has 4 heterocycles. The van der Waals surface area contributed by atoms with E-state index in [1.165, 1.54) is 0 Å². The summed E-state index contributed by atoms with van der Waals surface area (Å²) in [5.41, 5.74) is 14.1. The van der Waals surface area contributed by atoms with Gasteiger partial charge in [0.15, 0.2) is 37.9 Å². The van der Waals surface area contributed by atoms with Crippen LogP contribution in [0.3, 0.4) is 0 Å². The largest absolute Gasteiger partial charge is 0.368 e. The Hall–Kier alpha value is -4.60. The van der Waals surface area contributed by atoms with Crippen LogP contribution in [0, 0.1) is 0 Å². The molecule has 4 N–H and O–H groups in total. The predicted molar refractivity (Wildman–Crippen MR) is 144 cm³/mol. The molecule has 2 unspecified atom stereocenters. The number of primary amides is 2. The molecular weight excluding hydrogens is 508 g/mol. The van der Waals surface area contributed by atoms with Crippen molar-refractivity contribution in [3.63, 3.8) is 0 Å². The number of likely N-dealkylation sites (tertiary alicyclic amines) is 2. The van der Waals surface area contributed by atoms with E-state index in [-0.39, 0.29) is 11.8 Å². The molecule has 2 aromatic heterocycles. The molecule has 0 radical (unpaired) electrons. The number of aromatic nitrogens is 2. The summed E-state index contributed by atoms with van der Waals surface area (Å²) in [6.07, 6.45) is 10.2. The summed E-state index contributed by atoms with van der Waals surface area (Å²) in [6, 6.07) is 14.2. The van der Waals surface area contributed by atoms with E-state index in [2.05, 4.69) is 0 Å². The van der Waals surface area contributed by atoms with Crippen molar-refractivity contribution in [1.82, 2.24) is 9.80 Å². The van der Waals surface area contributed by atoms with Crippen molar-refractivity contribution in [2.24, 2.45) is 11.5 Å². The van der Waals surface area contributed by atoms with E-state index in [0.717, 1.165) is 24.0 Å². The van der Waals surface area contributed by atoms with Gasteiger partial charge in [-0.3, -0.25) is 19.2 Å². The van der Waals surface area contributed by atoms with Crippen molar-refractivity contribution in [3.8, 4) is 0 Å². The first-order valence-electron chi connectivity index (χ1n) is 13.6. The Bertz CT molecular complexity index is 1330. The van der Waals surface area contributed by atoms with Gasteiger partial charge in [0, 0.05) is 36.3 Å². The monoisotopic (exact) mass is 542 g/mol. The number of hydrogen-bond acceptors (Lipinski definition) is 4. The van der Waals surface area contributed by atoms with Gasteiger partial charge in [-0.1, -0.05) is 24.3 Å². The Morgan fingerprint density at radius 2 is 1.07 bits per heavy atom. The average molecular weight is 543 g/mol. The number of hydrogen-bond donors (Lipinski definition) is 2. The quantitative estimate of drug-likeness (QED) is 0.402. The Morgan fingerprint density at radius 3 is 1.45 bits per heavy atom. The van der Waals surface area contributed by atoms with E-state index in [9.17, 15) is 19.2 Å². The lowest BCUT2D eigenvalue weighted by Crippen LogP contribution is -2.44. The highest BCUT2D eigenvalue weighted by atomic mass is 16.2. The highest BCUT2D eigenvalue weighted by Crippen LogP contribution is 2.20. The molecule has 2 atom stereocenters. The topological polar surface area (TPSA) is 135 Å². The smallest absolute Gasteiger partial charge is 0.260 e. The standard InChI is InChI=1S/C30H32N6O4/c31-27(37)25-7-3-15-35(25)29(39)23-5-1-13-33(19-23)17-21-9-11-22(12-10-21)18-34-14-2-6-24(20-34)30(40)36-16-4-8-26(36)28(32)38/h1-2,5-6,9-14,19-20,25-26H,3-4,7-8,15-18H2,(H2-2,31,32,37,38)/p+2. The minimum absolute atomic E-state index is 0.182. The first-order valence-corrected chi connectivity index (χ1v) is 13.6. The summed E-state index contributed by atoms with van der Waals surface area (Å²) in [5, 5.41) is 0. The zero-order valence-electron chi connectivity index (χ0n) is 22.3. The van der Waals surface area contributed by atoms with E-state index in [4.69, 9.17) is 11.5 Å². The minimum Gasteiger partial charge on any atom is -0.368 e. The van der Waals surface area contributed by atoms with Gasteiger partial charge in [-0.15, -0.1) is 0 Å². The first-order chi connectivity index (χ1) is 19.3. The number of carbonyl (C=O) groups excluding carboxylic acids is 4. The second-order valence-electron chi connectivity index (χ2n) is 10.5. The molecule has 0 saturated carbocycles. The van der Waals surface area contributed by atoms with Crippen LogP contribution < -0.4 is 20.6 Å². The van der Waals surface area contributed by atoms with Gasteiger partial charge in [0.05, 0.1) is 0 Å². The van der Waals surface area contributed by atoms with E-state index in [1.807, 2.05) is 57.9 Å². The third-order valence-electron chi connectivity index (χ3n) is 7.65. The Labute approximate surface area is 232 Å². The normalized spacial score (nSPS) is 18.6. The van der Waals surface area contributed by atoms with E-state index in [1.54, 1.807) is 34.3 Å². The molecular formula is C30H34N6O4+2. The molecule has 1 aromatic carbocycles. The molecule has 206 valence electrons. The molecule has 0 spiro atoms. The van der Waals surface area contributed by atoms with E-state index in [0.29, 0.717) is 50.1 Å². The molecule has 10 nitrogen and oxygen atoms in total.